The van der Waals surface area contributed by atoms with Crippen molar-refractivity contribution in [3.63, 3.8) is 0 Å². The Kier molecular flexibility index (Phi) is 3.55. The van der Waals surface area contributed by atoms with Crippen LogP contribution in [0.25, 0.3) is 16.7 Å². The maximum absolute atomic E-state index is 12.8. The Morgan fingerprint density at radius 3 is 2.54 bits per heavy atom. The number of aromatic nitrogens is 4. The second-order valence-electron chi connectivity index (χ2n) is 6.23. The fourth-order valence-corrected chi connectivity index (χ4v) is 3.44. The van der Waals surface area contributed by atoms with Crippen LogP contribution < -0.4 is 5.56 Å². The van der Waals surface area contributed by atoms with Gasteiger partial charge in [-0.2, -0.15) is 0 Å². The second kappa shape index (κ2) is 5.74. The van der Waals surface area contributed by atoms with Crippen LogP contribution in [0.15, 0.2) is 29.1 Å². The molecule has 7 heteroatoms. The predicted molar refractivity (Wildman–Crippen MR) is 89.9 cm³/mol. The number of rotatable bonds is 2. The third-order valence-corrected chi connectivity index (χ3v) is 4.68. The van der Waals surface area contributed by atoms with Crippen molar-refractivity contribution in [2.24, 2.45) is 0 Å². The van der Waals surface area contributed by atoms with E-state index in [1.54, 1.807) is 4.40 Å². The lowest BCUT2D eigenvalue weighted by Crippen LogP contribution is -2.40. The molecule has 0 N–H and O–H groups in total. The Morgan fingerprint density at radius 2 is 1.79 bits per heavy atom. The number of nitrogens with zero attached hydrogens (tertiary/aromatic N) is 5. The third kappa shape index (κ3) is 2.28. The van der Waals surface area contributed by atoms with Crippen molar-refractivity contribution in [1.29, 1.82) is 0 Å². The first-order valence-corrected chi connectivity index (χ1v) is 8.28. The zero-order chi connectivity index (χ0) is 16.7. The lowest BCUT2D eigenvalue weighted by molar-refractivity contribution is -0.132. The number of benzene rings is 1. The number of amides is 1. The number of carbonyl (C=O) groups excluding carboxylic acids is 1. The van der Waals surface area contributed by atoms with Crippen LogP contribution in [0.3, 0.4) is 0 Å². The summed E-state index contributed by atoms with van der Waals surface area (Å²) in [7, 11) is 0. The molecule has 1 aromatic carbocycles. The zero-order valence-corrected chi connectivity index (χ0v) is 13.6. The van der Waals surface area contributed by atoms with Crippen LogP contribution in [-0.2, 0) is 11.3 Å². The first-order valence-electron chi connectivity index (χ1n) is 8.28. The van der Waals surface area contributed by atoms with E-state index in [1.165, 1.54) is 4.57 Å². The van der Waals surface area contributed by atoms with Crippen molar-refractivity contribution < 1.29 is 4.79 Å². The fourth-order valence-electron chi connectivity index (χ4n) is 3.44. The van der Waals surface area contributed by atoms with E-state index >= 15 is 0 Å². The summed E-state index contributed by atoms with van der Waals surface area (Å²) >= 11 is 0. The van der Waals surface area contributed by atoms with E-state index < -0.39 is 0 Å². The normalized spacial score (nSPS) is 15.3. The highest BCUT2D eigenvalue weighted by Gasteiger charge is 2.20. The number of hydrogen-bond acceptors (Lipinski definition) is 4. The molecule has 0 atom stereocenters. The van der Waals surface area contributed by atoms with Crippen LogP contribution in [0.4, 0.5) is 0 Å². The fraction of sp³-hybridized carbons (Fsp3) is 0.412. The van der Waals surface area contributed by atoms with E-state index in [-0.39, 0.29) is 23.7 Å². The maximum atomic E-state index is 12.8. The van der Waals surface area contributed by atoms with E-state index in [4.69, 9.17) is 0 Å². The van der Waals surface area contributed by atoms with Gasteiger partial charge in [-0.15, -0.1) is 10.2 Å². The molecule has 0 radical (unpaired) electrons. The topological polar surface area (TPSA) is 72.5 Å². The minimum absolute atomic E-state index is 0.0115. The first-order chi connectivity index (χ1) is 11.7. The highest BCUT2D eigenvalue weighted by molar-refractivity contribution is 5.82. The highest BCUT2D eigenvalue weighted by atomic mass is 16.2. The highest BCUT2D eigenvalue weighted by Crippen LogP contribution is 2.16. The summed E-state index contributed by atoms with van der Waals surface area (Å²) in [6.45, 7) is 3.41. The lowest BCUT2D eigenvalue weighted by atomic mass is 10.1. The Balaban J connectivity index is 1.86. The molecule has 0 bridgehead atoms. The number of fused-ring (bicyclic) bond motifs is 3. The zero-order valence-electron chi connectivity index (χ0n) is 13.6. The van der Waals surface area contributed by atoms with Crippen molar-refractivity contribution >= 4 is 22.6 Å². The summed E-state index contributed by atoms with van der Waals surface area (Å²) in [4.78, 5) is 27.3. The number of aryl methyl sites for hydroxylation is 1. The van der Waals surface area contributed by atoms with Gasteiger partial charge in [0, 0.05) is 13.1 Å². The quantitative estimate of drug-likeness (QED) is 0.713. The molecule has 1 aliphatic rings. The lowest BCUT2D eigenvalue weighted by Gasteiger charge is -2.27. The van der Waals surface area contributed by atoms with Crippen LogP contribution in [0.2, 0.25) is 0 Å². The number of piperidine rings is 1. The summed E-state index contributed by atoms with van der Waals surface area (Å²) in [6, 6.07) is 7.55. The summed E-state index contributed by atoms with van der Waals surface area (Å²) in [5.74, 6) is 0.648. The van der Waals surface area contributed by atoms with Gasteiger partial charge in [0.25, 0.3) is 5.56 Å². The average Bonchev–Trinajstić information content (AvgIpc) is 3.01. The molecule has 0 unspecified atom stereocenters. The van der Waals surface area contributed by atoms with Crippen molar-refractivity contribution in [2.45, 2.75) is 32.7 Å². The van der Waals surface area contributed by atoms with Gasteiger partial charge in [-0.1, -0.05) is 12.1 Å². The molecule has 0 spiro atoms. The van der Waals surface area contributed by atoms with Crippen LogP contribution in [-0.4, -0.2) is 43.1 Å². The summed E-state index contributed by atoms with van der Waals surface area (Å²) in [5, 5.41) is 8.02. The number of carbonyl (C=O) groups is 1. The van der Waals surface area contributed by atoms with Gasteiger partial charge in [0.2, 0.25) is 11.6 Å². The molecule has 2 aromatic heterocycles. The van der Waals surface area contributed by atoms with Gasteiger partial charge < -0.3 is 4.90 Å². The molecule has 7 nitrogen and oxygen atoms in total. The van der Waals surface area contributed by atoms with Gasteiger partial charge in [-0.25, -0.2) is 0 Å². The minimum Gasteiger partial charge on any atom is -0.341 e. The molecular weight excluding hydrogens is 306 g/mol. The van der Waals surface area contributed by atoms with Crippen molar-refractivity contribution in [1.82, 2.24) is 24.1 Å². The van der Waals surface area contributed by atoms with Gasteiger partial charge in [-0.3, -0.25) is 18.6 Å². The molecule has 1 aliphatic heterocycles. The number of para-hydroxylation sites is 2. The van der Waals surface area contributed by atoms with Crippen LogP contribution in [0.5, 0.6) is 0 Å². The van der Waals surface area contributed by atoms with Gasteiger partial charge in [-0.05, 0) is 38.3 Å². The second-order valence-corrected chi connectivity index (χ2v) is 6.23. The molecule has 1 fully saturated rings. The summed E-state index contributed by atoms with van der Waals surface area (Å²) in [6.07, 6.45) is 3.23. The van der Waals surface area contributed by atoms with Crippen LogP contribution in [0, 0.1) is 6.92 Å². The molecule has 4 rings (SSSR count). The molecule has 24 heavy (non-hydrogen) atoms. The van der Waals surface area contributed by atoms with Crippen LogP contribution >= 0.6 is 0 Å². The van der Waals surface area contributed by atoms with Gasteiger partial charge in [0.15, 0.2) is 0 Å². The van der Waals surface area contributed by atoms with Crippen molar-refractivity contribution in [3.05, 3.63) is 40.4 Å². The van der Waals surface area contributed by atoms with Gasteiger partial charge >= 0.3 is 0 Å². The largest absolute Gasteiger partial charge is 0.341 e. The van der Waals surface area contributed by atoms with Gasteiger partial charge in [0.1, 0.15) is 12.4 Å². The SMILES string of the molecule is Cc1nnc2c(=O)n(CC(=O)N3CCCCC3)c3ccccc3n12. The molecule has 1 saturated heterocycles. The Morgan fingerprint density at radius 1 is 1.08 bits per heavy atom. The van der Waals surface area contributed by atoms with E-state index in [0.717, 1.165) is 43.4 Å². The summed E-state index contributed by atoms with van der Waals surface area (Å²) < 4.78 is 3.27. The third-order valence-electron chi connectivity index (χ3n) is 4.68. The molecule has 1 amide bonds. The average molecular weight is 325 g/mol. The molecule has 0 saturated carbocycles. The smallest absolute Gasteiger partial charge is 0.297 e. The standard InChI is InChI=1S/C17H19N5O2/c1-12-18-19-16-17(24)21(11-15(23)20-9-5-2-6-10-20)13-7-3-4-8-14(13)22(12)16/h3-4,7-8H,2,5-6,9-11H2,1H3. The Labute approximate surface area is 138 Å². The number of hydrogen-bond donors (Lipinski definition) is 0. The molecular formula is C17H19N5O2. The monoisotopic (exact) mass is 325 g/mol. The van der Waals surface area contributed by atoms with Gasteiger partial charge in [0.05, 0.1) is 11.0 Å². The molecule has 124 valence electrons. The molecule has 3 aromatic rings. The first kappa shape index (κ1) is 14.9. The van der Waals surface area contributed by atoms with Crippen LogP contribution in [0.1, 0.15) is 25.1 Å². The summed E-state index contributed by atoms with van der Waals surface area (Å²) in [5.41, 5.74) is 1.54. The maximum Gasteiger partial charge on any atom is 0.297 e. The number of likely N-dealkylation sites (tertiary alicyclic amines) is 1. The van der Waals surface area contributed by atoms with E-state index in [0.29, 0.717) is 5.82 Å². The van der Waals surface area contributed by atoms with E-state index in [1.807, 2.05) is 36.1 Å². The van der Waals surface area contributed by atoms with E-state index in [9.17, 15) is 9.59 Å². The Hall–Kier alpha value is -2.70. The minimum atomic E-state index is -0.278. The van der Waals surface area contributed by atoms with Crippen molar-refractivity contribution in [2.75, 3.05) is 13.1 Å². The predicted octanol–water partition coefficient (Wildman–Crippen LogP) is 1.37. The van der Waals surface area contributed by atoms with E-state index in [2.05, 4.69) is 10.2 Å². The van der Waals surface area contributed by atoms with Crippen molar-refractivity contribution in [3.8, 4) is 0 Å². The molecule has 0 aliphatic carbocycles. The molecule has 3 heterocycles. The Bertz CT molecular complexity index is 982.